The number of rotatable bonds is 5. The third-order valence-electron chi connectivity index (χ3n) is 2.51. The minimum atomic E-state index is -0.193. The molecule has 0 radical (unpaired) electrons. The van der Waals surface area contributed by atoms with E-state index >= 15 is 0 Å². The van der Waals surface area contributed by atoms with Crippen molar-refractivity contribution in [2.45, 2.75) is 13.8 Å². The first kappa shape index (κ1) is 12.0. The maximum atomic E-state index is 12.7. The summed E-state index contributed by atoms with van der Waals surface area (Å²) in [5, 5.41) is 0. The first-order chi connectivity index (χ1) is 7.17. The van der Waals surface area contributed by atoms with Crippen LogP contribution < -0.4 is 10.6 Å². The Balaban J connectivity index is 2.69. The number of hydrogen-bond acceptors (Lipinski definition) is 2. The Morgan fingerprint density at radius 2 is 1.93 bits per heavy atom. The lowest BCUT2D eigenvalue weighted by molar-refractivity contribution is 0.575. The van der Waals surface area contributed by atoms with Gasteiger partial charge in [0.2, 0.25) is 0 Å². The molecule has 2 nitrogen and oxygen atoms in total. The fourth-order valence-corrected chi connectivity index (χ4v) is 1.52. The SMILES string of the molecule is CCN(CC(C)CN)c1ccc(F)cc1. The highest BCUT2D eigenvalue weighted by atomic mass is 19.1. The van der Waals surface area contributed by atoms with Crippen molar-refractivity contribution in [1.29, 1.82) is 0 Å². The molecule has 1 atom stereocenters. The molecule has 0 saturated heterocycles. The maximum Gasteiger partial charge on any atom is 0.123 e. The van der Waals surface area contributed by atoms with E-state index in [0.717, 1.165) is 18.8 Å². The summed E-state index contributed by atoms with van der Waals surface area (Å²) in [6.45, 7) is 6.71. The highest BCUT2D eigenvalue weighted by Gasteiger charge is 2.08. The van der Waals surface area contributed by atoms with Crippen LogP contribution in [0.5, 0.6) is 0 Å². The summed E-state index contributed by atoms with van der Waals surface area (Å²) in [5.74, 6) is 0.261. The highest BCUT2D eigenvalue weighted by Crippen LogP contribution is 2.15. The van der Waals surface area contributed by atoms with Crippen molar-refractivity contribution in [2.24, 2.45) is 11.7 Å². The monoisotopic (exact) mass is 210 g/mol. The Hall–Kier alpha value is -1.09. The van der Waals surface area contributed by atoms with Crippen LogP contribution in [0.4, 0.5) is 10.1 Å². The van der Waals surface area contributed by atoms with Crippen LogP contribution in [0.3, 0.4) is 0 Å². The van der Waals surface area contributed by atoms with Crippen molar-refractivity contribution in [1.82, 2.24) is 0 Å². The van der Waals surface area contributed by atoms with Crippen molar-refractivity contribution in [3.8, 4) is 0 Å². The summed E-state index contributed by atoms with van der Waals surface area (Å²) < 4.78 is 12.7. The van der Waals surface area contributed by atoms with E-state index in [9.17, 15) is 4.39 Å². The Labute approximate surface area is 90.9 Å². The second-order valence-corrected chi connectivity index (χ2v) is 3.86. The Morgan fingerprint density at radius 3 is 2.40 bits per heavy atom. The average molecular weight is 210 g/mol. The van der Waals surface area contributed by atoms with E-state index in [0.29, 0.717) is 12.5 Å². The predicted octanol–water partition coefficient (Wildman–Crippen LogP) is 2.25. The standard InChI is InChI=1S/C12H19FN2/c1-3-15(9-10(2)8-14)12-6-4-11(13)5-7-12/h4-7,10H,3,8-9,14H2,1-2H3. The molecule has 0 amide bonds. The molecule has 3 heteroatoms. The lowest BCUT2D eigenvalue weighted by Crippen LogP contribution is -2.31. The molecule has 2 N–H and O–H groups in total. The van der Waals surface area contributed by atoms with Crippen LogP contribution >= 0.6 is 0 Å². The van der Waals surface area contributed by atoms with Gasteiger partial charge in [0.05, 0.1) is 0 Å². The van der Waals surface area contributed by atoms with Gasteiger partial charge in [-0.15, -0.1) is 0 Å². The molecule has 0 aliphatic carbocycles. The number of benzene rings is 1. The van der Waals surface area contributed by atoms with Crippen LogP contribution in [0.2, 0.25) is 0 Å². The molecular formula is C12H19FN2. The quantitative estimate of drug-likeness (QED) is 0.807. The minimum Gasteiger partial charge on any atom is -0.371 e. The third-order valence-corrected chi connectivity index (χ3v) is 2.51. The summed E-state index contributed by atoms with van der Waals surface area (Å²) in [6.07, 6.45) is 0. The van der Waals surface area contributed by atoms with Gasteiger partial charge in [-0.25, -0.2) is 4.39 Å². The number of anilines is 1. The first-order valence-corrected chi connectivity index (χ1v) is 5.38. The second-order valence-electron chi connectivity index (χ2n) is 3.86. The van der Waals surface area contributed by atoms with Gasteiger partial charge in [0.15, 0.2) is 0 Å². The molecule has 1 rings (SSSR count). The summed E-state index contributed by atoms with van der Waals surface area (Å²) in [6, 6.07) is 6.60. The molecule has 15 heavy (non-hydrogen) atoms. The largest absolute Gasteiger partial charge is 0.371 e. The van der Waals surface area contributed by atoms with Gasteiger partial charge in [-0.1, -0.05) is 6.92 Å². The second kappa shape index (κ2) is 5.71. The Morgan fingerprint density at radius 1 is 1.33 bits per heavy atom. The zero-order valence-electron chi connectivity index (χ0n) is 9.41. The van der Waals surface area contributed by atoms with Crippen molar-refractivity contribution >= 4 is 5.69 Å². The highest BCUT2D eigenvalue weighted by molar-refractivity contribution is 5.46. The van der Waals surface area contributed by atoms with Crippen molar-refractivity contribution in [2.75, 3.05) is 24.5 Å². The molecule has 0 aliphatic heterocycles. The lowest BCUT2D eigenvalue weighted by atomic mass is 10.1. The molecule has 1 aromatic rings. The number of nitrogens with zero attached hydrogens (tertiary/aromatic N) is 1. The molecule has 0 aliphatic rings. The summed E-state index contributed by atoms with van der Waals surface area (Å²) in [5.41, 5.74) is 6.65. The zero-order valence-corrected chi connectivity index (χ0v) is 9.41. The van der Waals surface area contributed by atoms with E-state index in [1.807, 2.05) is 12.1 Å². The summed E-state index contributed by atoms with van der Waals surface area (Å²) in [7, 11) is 0. The molecule has 1 aromatic carbocycles. The average Bonchev–Trinajstić information content (AvgIpc) is 2.27. The van der Waals surface area contributed by atoms with E-state index in [1.165, 1.54) is 12.1 Å². The maximum absolute atomic E-state index is 12.7. The summed E-state index contributed by atoms with van der Waals surface area (Å²) in [4.78, 5) is 2.21. The van der Waals surface area contributed by atoms with Gasteiger partial charge in [0.1, 0.15) is 5.82 Å². The number of halogens is 1. The van der Waals surface area contributed by atoms with E-state index in [4.69, 9.17) is 5.73 Å². The van der Waals surface area contributed by atoms with Crippen molar-refractivity contribution in [3.63, 3.8) is 0 Å². The van der Waals surface area contributed by atoms with Gasteiger partial charge >= 0.3 is 0 Å². The topological polar surface area (TPSA) is 29.3 Å². The molecule has 0 saturated carbocycles. The van der Waals surface area contributed by atoms with Gasteiger partial charge < -0.3 is 10.6 Å². The van der Waals surface area contributed by atoms with Gasteiger partial charge in [0, 0.05) is 18.8 Å². The van der Waals surface area contributed by atoms with Crippen molar-refractivity contribution < 1.29 is 4.39 Å². The van der Waals surface area contributed by atoms with E-state index in [2.05, 4.69) is 18.7 Å². The Kier molecular flexibility index (Phi) is 4.56. The molecule has 0 aromatic heterocycles. The predicted molar refractivity (Wildman–Crippen MR) is 62.5 cm³/mol. The minimum absolute atomic E-state index is 0.193. The normalized spacial score (nSPS) is 12.5. The van der Waals surface area contributed by atoms with E-state index in [1.54, 1.807) is 0 Å². The van der Waals surface area contributed by atoms with Crippen molar-refractivity contribution in [3.05, 3.63) is 30.1 Å². The molecule has 1 unspecified atom stereocenters. The van der Waals surface area contributed by atoms with Gasteiger partial charge in [-0.3, -0.25) is 0 Å². The van der Waals surface area contributed by atoms with Crippen LogP contribution in [0.25, 0.3) is 0 Å². The van der Waals surface area contributed by atoms with Crippen LogP contribution in [0.1, 0.15) is 13.8 Å². The Bertz CT molecular complexity index is 284. The van der Waals surface area contributed by atoms with Gasteiger partial charge in [-0.2, -0.15) is 0 Å². The van der Waals surface area contributed by atoms with Gasteiger partial charge in [-0.05, 0) is 43.7 Å². The zero-order chi connectivity index (χ0) is 11.3. The van der Waals surface area contributed by atoms with E-state index < -0.39 is 0 Å². The molecule has 0 heterocycles. The molecule has 0 fully saturated rings. The van der Waals surface area contributed by atoms with Crippen LogP contribution in [-0.2, 0) is 0 Å². The fraction of sp³-hybridized carbons (Fsp3) is 0.500. The first-order valence-electron chi connectivity index (χ1n) is 5.38. The molecule has 0 spiro atoms. The third kappa shape index (κ3) is 3.51. The number of hydrogen-bond donors (Lipinski definition) is 1. The fourth-order valence-electron chi connectivity index (χ4n) is 1.52. The van der Waals surface area contributed by atoms with Crippen LogP contribution in [-0.4, -0.2) is 19.6 Å². The number of nitrogens with two attached hydrogens (primary N) is 1. The summed E-state index contributed by atoms with van der Waals surface area (Å²) >= 11 is 0. The lowest BCUT2D eigenvalue weighted by Gasteiger charge is -2.26. The molecule has 0 bridgehead atoms. The molecule has 84 valence electrons. The van der Waals surface area contributed by atoms with E-state index in [-0.39, 0.29) is 5.82 Å². The van der Waals surface area contributed by atoms with Crippen LogP contribution in [0.15, 0.2) is 24.3 Å². The van der Waals surface area contributed by atoms with Gasteiger partial charge in [0.25, 0.3) is 0 Å². The molecular weight excluding hydrogens is 191 g/mol. The van der Waals surface area contributed by atoms with Crippen LogP contribution in [0, 0.1) is 11.7 Å². The smallest absolute Gasteiger partial charge is 0.123 e.